The first-order valence-electron chi connectivity index (χ1n) is 20.5. The number of hydrazine groups is 1. The lowest BCUT2D eigenvalue weighted by Crippen LogP contribution is -2.45. The maximum Gasteiger partial charge on any atom is 0.286 e. The van der Waals surface area contributed by atoms with E-state index in [1.54, 1.807) is 78.3 Å². The zero-order chi connectivity index (χ0) is 47.6. The van der Waals surface area contributed by atoms with Crippen LogP contribution in [0.5, 0.6) is 0 Å². The van der Waals surface area contributed by atoms with Gasteiger partial charge in [0.15, 0.2) is 5.69 Å². The average Bonchev–Trinajstić information content (AvgIpc) is 3.73. The van der Waals surface area contributed by atoms with Crippen molar-refractivity contribution < 1.29 is 23.3 Å². The van der Waals surface area contributed by atoms with Crippen molar-refractivity contribution in [3.05, 3.63) is 138 Å². The highest BCUT2D eigenvalue weighted by molar-refractivity contribution is 6.67. The molecule has 1 N–H and O–H groups in total. The summed E-state index contributed by atoms with van der Waals surface area (Å²) in [5, 5.41) is 10.4. The summed E-state index contributed by atoms with van der Waals surface area (Å²) in [4.78, 5) is 25.2. The highest BCUT2D eigenvalue weighted by Gasteiger charge is 2.25. The number of piperidine rings is 1. The molecule has 4 aromatic carbocycles. The number of aromatic nitrogens is 4. The van der Waals surface area contributed by atoms with Gasteiger partial charge in [-0.1, -0.05) is 100 Å². The summed E-state index contributed by atoms with van der Waals surface area (Å²) in [5.74, 6) is -1.21. The van der Waals surface area contributed by atoms with Crippen molar-refractivity contribution in [2.24, 2.45) is 0 Å². The van der Waals surface area contributed by atoms with Crippen LogP contribution in [0.15, 0.2) is 84.9 Å². The summed E-state index contributed by atoms with van der Waals surface area (Å²) in [5.41, 5.74) is 5.98. The van der Waals surface area contributed by atoms with Gasteiger partial charge in [0.1, 0.15) is 5.69 Å². The molecule has 1 fully saturated rings. The molecular weight excluding hydrogens is 833 g/mol. The summed E-state index contributed by atoms with van der Waals surface area (Å²) >= 11 is 42.4. The standard InChI is InChI=1S/C22H21Cl3N4O.C17H10Cl4N2O/c1-14-20(22(30)27-28-11-3-2-4-12-28)26-29(19-10-9-17(24)13-18(19)25)21(14)15-5-7-16(23)8-6-15;1-9-15(17(21)24)22-23(14-7-6-12(19)8-13(14)20)16(9)10-2-4-11(18)5-3-10/h5-10,13H,2-4,11-12H2,1H3,(H,27,30);2-8H,1H3/i2D2,3D2,4D2,11D2,12D2;. The first-order chi connectivity index (χ1) is 29.6. The first kappa shape index (κ1) is 28.8. The molecule has 0 radical (unpaired) electrons. The highest BCUT2D eigenvalue weighted by Crippen LogP contribution is 2.35. The number of halogens is 7. The van der Waals surface area contributed by atoms with Crippen LogP contribution in [-0.2, 0) is 0 Å². The molecule has 6 aromatic rings. The Hall–Kier alpha value is -3.57. The van der Waals surface area contributed by atoms with Crippen LogP contribution in [0.2, 0.25) is 30.1 Å². The summed E-state index contributed by atoms with van der Waals surface area (Å²) in [6.45, 7) is -3.79. The Kier molecular flexibility index (Phi) is 9.32. The molecule has 1 aliphatic heterocycles. The van der Waals surface area contributed by atoms with Gasteiger partial charge >= 0.3 is 0 Å². The predicted octanol–water partition coefficient (Wildman–Crippen LogP) is 12.1. The van der Waals surface area contributed by atoms with Gasteiger partial charge in [0.25, 0.3) is 11.1 Å². The maximum atomic E-state index is 13.5. The second-order valence-electron chi connectivity index (χ2n) is 11.3. The van der Waals surface area contributed by atoms with Crippen molar-refractivity contribution in [1.29, 1.82) is 0 Å². The topological polar surface area (TPSA) is 85.1 Å². The molecule has 1 saturated heterocycles. The number of nitrogens with zero attached hydrogens (tertiary/aromatic N) is 5. The van der Waals surface area contributed by atoms with Crippen molar-refractivity contribution >= 4 is 92.4 Å². The van der Waals surface area contributed by atoms with Crippen LogP contribution in [0.3, 0.4) is 0 Å². The van der Waals surface area contributed by atoms with Crippen LogP contribution >= 0.6 is 81.2 Å². The Labute approximate surface area is 361 Å². The summed E-state index contributed by atoms with van der Waals surface area (Å²) in [6.07, 6.45) is -10.8. The maximum absolute atomic E-state index is 13.5. The molecule has 3 heterocycles. The van der Waals surface area contributed by atoms with Crippen molar-refractivity contribution in [3.8, 4) is 33.9 Å². The van der Waals surface area contributed by atoms with Crippen LogP contribution in [-0.4, -0.2) is 48.7 Å². The summed E-state index contributed by atoms with van der Waals surface area (Å²) in [6, 6.07) is 23.3. The van der Waals surface area contributed by atoms with Crippen LogP contribution < -0.4 is 5.43 Å². The largest absolute Gasteiger partial charge is 0.286 e. The van der Waals surface area contributed by atoms with Crippen LogP contribution in [0.1, 0.15) is 64.9 Å². The minimum Gasteiger partial charge on any atom is -0.283 e. The average molecular weight is 874 g/mol. The van der Waals surface area contributed by atoms with Crippen LogP contribution in [0.25, 0.3) is 33.9 Å². The van der Waals surface area contributed by atoms with Crippen molar-refractivity contribution in [2.45, 2.75) is 33.0 Å². The van der Waals surface area contributed by atoms with Gasteiger partial charge in [0.05, 0.1) is 32.8 Å². The van der Waals surface area contributed by atoms with Crippen LogP contribution in [0, 0.1) is 13.8 Å². The quantitative estimate of drug-likeness (QED) is 0.162. The summed E-state index contributed by atoms with van der Waals surface area (Å²) < 4.78 is 84.1. The molecule has 2 aromatic heterocycles. The number of carbonyl (C=O) groups is 2. The van der Waals surface area contributed by atoms with Gasteiger partial charge in [-0.2, -0.15) is 10.2 Å². The molecule has 0 unspecified atom stereocenters. The minimum absolute atomic E-state index is 0.167. The molecule has 0 aliphatic carbocycles. The van der Waals surface area contributed by atoms with Crippen LogP contribution in [0.4, 0.5) is 0 Å². The number of nitrogens with one attached hydrogen (secondary N) is 1. The molecule has 54 heavy (non-hydrogen) atoms. The Morgan fingerprint density at radius 3 is 1.44 bits per heavy atom. The summed E-state index contributed by atoms with van der Waals surface area (Å²) in [7, 11) is 0. The van der Waals surface area contributed by atoms with Gasteiger partial charge in [-0.25, -0.2) is 14.4 Å². The second kappa shape index (κ2) is 17.5. The Morgan fingerprint density at radius 1 is 0.611 bits per heavy atom. The fourth-order valence-electron chi connectivity index (χ4n) is 5.38. The molecule has 278 valence electrons. The molecule has 0 bridgehead atoms. The van der Waals surface area contributed by atoms with E-state index in [2.05, 4.69) is 10.2 Å². The SMILES string of the molecule is Cc1c(C(=O)Cl)nn(-c2ccc(Cl)cc2Cl)c1-c1ccc(Cl)cc1.[2H]C1([2H])N(NC(=O)c2nn(-c3ccc(Cl)cc3Cl)c(-c3ccc(Cl)cc3)c2C)C([2H])([2H])C([2H])([2H])C([2H])([2H])C1([2H])[2H]. The van der Waals surface area contributed by atoms with Gasteiger partial charge in [0.2, 0.25) is 0 Å². The third-order valence-corrected chi connectivity index (χ3v) is 9.59. The zero-order valence-electron chi connectivity index (χ0n) is 37.8. The van der Waals surface area contributed by atoms with E-state index in [0.717, 1.165) is 5.56 Å². The van der Waals surface area contributed by atoms with Gasteiger partial charge in [0, 0.05) is 69.0 Å². The van der Waals surface area contributed by atoms with Crippen molar-refractivity contribution in [2.75, 3.05) is 13.0 Å². The molecule has 15 heteroatoms. The van der Waals surface area contributed by atoms with E-state index in [4.69, 9.17) is 94.9 Å². The number of carbonyl (C=O) groups excluding carboxylic acids is 2. The van der Waals surface area contributed by atoms with E-state index < -0.39 is 43.3 Å². The highest BCUT2D eigenvalue weighted by atomic mass is 35.5. The lowest BCUT2D eigenvalue weighted by molar-refractivity contribution is 0.0743. The molecule has 1 amide bonds. The molecular formula is C39H31Cl7N6O2. The fourth-order valence-corrected chi connectivity index (χ4v) is 6.79. The molecule has 0 atom stereocenters. The first-order valence-corrected chi connectivity index (χ1v) is 18.2. The number of amides is 1. The fraction of sp³-hybridized carbons (Fsp3) is 0.179. The monoisotopic (exact) mass is 870 g/mol. The number of benzene rings is 4. The second-order valence-corrected chi connectivity index (χ2v) is 14.2. The molecule has 7 rings (SSSR count). The third-order valence-electron chi connectivity index (χ3n) is 7.83. The van der Waals surface area contributed by atoms with E-state index in [-0.39, 0.29) is 27.0 Å². The normalized spacial score (nSPS) is 20.4. The van der Waals surface area contributed by atoms with E-state index in [0.29, 0.717) is 59.0 Å². The van der Waals surface area contributed by atoms with Gasteiger partial charge in [-0.15, -0.1) is 0 Å². The Morgan fingerprint density at radius 2 is 1.02 bits per heavy atom. The van der Waals surface area contributed by atoms with E-state index in [1.165, 1.54) is 17.7 Å². The number of hydrogen-bond acceptors (Lipinski definition) is 5. The van der Waals surface area contributed by atoms with E-state index in [9.17, 15) is 9.59 Å². The van der Waals surface area contributed by atoms with Crippen molar-refractivity contribution in [3.63, 3.8) is 0 Å². The van der Waals surface area contributed by atoms with Gasteiger partial charge in [-0.05, 0) is 98.9 Å². The predicted molar refractivity (Wildman–Crippen MR) is 221 cm³/mol. The molecule has 8 nitrogen and oxygen atoms in total. The van der Waals surface area contributed by atoms with Crippen molar-refractivity contribution in [1.82, 2.24) is 30.0 Å². The number of hydrogen-bond donors (Lipinski definition) is 1. The molecule has 1 aliphatic rings. The van der Waals surface area contributed by atoms with Gasteiger partial charge in [-0.3, -0.25) is 15.0 Å². The lowest BCUT2D eigenvalue weighted by Gasteiger charge is -2.26. The minimum atomic E-state index is -3.63. The third kappa shape index (κ3) is 8.93. The van der Waals surface area contributed by atoms with E-state index >= 15 is 0 Å². The molecule has 0 saturated carbocycles. The van der Waals surface area contributed by atoms with Gasteiger partial charge < -0.3 is 0 Å². The lowest BCUT2D eigenvalue weighted by atomic mass is 10.1. The Bertz CT molecular complexity index is 2770. The zero-order valence-corrected chi connectivity index (χ0v) is 33.1. The number of rotatable bonds is 7. The molecule has 0 spiro atoms. The Balaban J connectivity index is 0.000000241. The smallest absolute Gasteiger partial charge is 0.283 e. The van der Waals surface area contributed by atoms with E-state index in [1.807, 2.05) is 17.6 Å².